The van der Waals surface area contributed by atoms with E-state index in [2.05, 4.69) is 52.6 Å². The Bertz CT molecular complexity index is 660. The summed E-state index contributed by atoms with van der Waals surface area (Å²) in [4.78, 5) is 8.96. The summed E-state index contributed by atoms with van der Waals surface area (Å²) in [5.74, 6) is 2.39. The third-order valence-electron chi connectivity index (χ3n) is 4.11. The third kappa shape index (κ3) is 3.99. The molecule has 122 valence electrons. The van der Waals surface area contributed by atoms with Crippen LogP contribution in [-0.4, -0.2) is 29.2 Å². The van der Waals surface area contributed by atoms with Crippen LogP contribution in [0.5, 0.6) is 0 Å². The Balaban J connectivity index is 1.74. The molecule has 1 saturated heterocycles. The van der Waals surface area contributed by atoms with Gasteiger partial charge in [0, 0.05) is 24.9 Å². The molecule has 1 aromatic carbocycles. The van der Waals surface area contributed by atoms with Crippen LogP contribution >= 0.6 is 0 Å². The molecule has 0 saturated carbocycles. The van der Waals surface area contributed by atoms with Crippen LogP contribution in [0, 0.1) is 20.8 Å². The predicted molar refractivity (Wildman–Crippen MR) is 93.4 cm³/mol. The fourth-order valence-corrected chi connectivity index (χ4v) is 2.89. The van der Waals surface area contributed by atoms with E-state index < -0.39 is 0 Å². The van der Waals surface area contributed by atoms with Gasteiger partial charge in [0.2, 0.25) is 0 Å². The van der Waals surface area contributed by atoms with E-state index in [4.69, 9.17) is 4.74 Å². The average Bonchev–Trinajstić information content (AvgIpc) is 3.02. The van der Waals surface area contributed by atoms with Crippen molar-refractivity contribution in [3.63, 3.8) is 0 Å². The summed E-state index contributed by atoms with van der Waals surface area (Å²) in [5, 5.41) is 6.79. The second-order valence-electron chi connectivity index (χ2n) is 6.09. The molecule has 0 spiro atoms. The van der Waals surface area contributed by atoms with Crippen molar-refractivity contribution in [2.75, 3.05) is 23.8 Å². The molecule has 0 bridgehead atoms. The second-order valence-corrected chi connectivity index (χ2v) is 6.09. The monoisotopic (exact) mass is 312 g/mol. The van der Waals surface area contributed by atoms with Gasteiger partial charge in [0.05, 0.1) is 6.10 Å². The van der Waals surface area contributed by atoms with Gasteiger partial charge >= 0.3 is 0 Å². The Morgan fingerprint density at radius 3 is 2.57 bits per heavy atom. The van der Waals surface area contributed by atoms with Crippen molar-refractivity contribution in [2.24, 2.45) is 0 Å². The molecule has 5 nitrogen and oxygen atoms in total. The van der Waals surface area contributed by atoms with Crippen LogP contribution in [0.2, 0.25) is 0 Å². The minimum atomic E-state index is 0.292. The minimum absolute atomic E-state index is 0.292. The van der Waals surface area contributed by atoms with Gasteiger partial charge in [-0.3, -0.25) is 0 Å². The molecule has 2 N–H and O–H groups in total. The van der Waals surface area contributed by atoms with E-state index in [1.165, 1.54) is 11.1 Å². The number of hydrogen-bond donors (Lipinski definition) is 2. The topological polar surface area (TPSA) is 59.1 Å². The highest BCUT2D eigenvalue weighted by atomic mass is 16.5. The normalized spacial score (nSPS) is 17.3. The standard InChI is InChI=1S/C18H24N4O/c1-12-6-4-7-13(2)18(12)22-17-10-16(20-14(3)21-17)19-11-15-8-5-9-23-15/h4,6-7,10,15H,5,8-9,11H2,1-3H3,(H2,19,20,21,22). The minimum Gasteiger partial charge on any atom is -0.376 e. The van der Waals surface area contributed by atoms with E-state index >= 15 is 0 Å². The lowest BCUT2D eigenvalue weighted by molar-refractivity contribution is 0.120. The van der Waals surface area contributed by atoms with Crippen molar-refractivity contribution in [2.45, 2.75) is 39.7 Å². The molecule has 23 heavy (non-hydrogen) atoms. The van der Waals surface area contributed by atoms with E-state index in [9.17, 15) is 0 Å². The summed E-state index contributed by atoms with van der Waals surface area (Å²) in [5.41, 5.74) is 3.51. The van der Waals surface area contributed by atoms with E-state index in [0.717, 1.165) is 49.1 Å². The molecule has 1 unspecified atom stereocenters. The molecule has 0 aliphatic carbocycles. The highest BCUT2D eigenvalue weighted by Gasteiger charge is 2.15. The van der Waals surface area contributed by atoms with Gasteiger partial charge in [0.1, 0.15) is 17.5 Å². The van der Waals surface area contributed by atoms with Gasteiger partial charge in [0.25, 0.3) is 0 Å². The number of para-hydroxylation sites is 1. The van der Waals surface area contributed by atoms with Gasteiger partial charge in [-0.2, -0.15) is 0 Å². The van der Waals surface area contributed by atoms with Crippen LogP contribution < -0.4 is 10.6 Å². The Labute approximate surface area is 137 Å². The lowest BCUT2D eigenvalue weighted by Gasteiger charge is -2.15. The van der Waals surface area contributed by atoms with Crippen molar-refractivity contribution in [1.29, 1.82) is 0 Å². The lowest BCUT2D eigenvalue weighted by Crippen LogP contribution is -2.19. The maximum atomic E-state index is 5.64. The molecule has 0 radical (unpaired) electrons. The molecular formula is C18H24N4O. The van der Waals surface area contributed by atoms with Crippen LogP contribution in [0.15, 0.2) is 24.3 Å². The van der Waals surface area contributed by atoms with Crippen molar-refractivity contribution >= 4 is 17.3 Å². The Kier molecular flexibility index (Phi) is 4.76. The number of benzene rings is 1. The van der Waals surface area contributed by atoms with Gasteiger partial charge < -0.3 is 15.4 Å². The summed E-state index contributed by atoms with van der Waals surface area (Å²) < 4.78 is 5.64. The Morgan fingerprint density at radius 1 is 1.13 bits per heavy atom. The molecule has 1 atom stereocenters. The second kappa shape index (κ2) is 6.96. The molecule has 2 aromatic rings. The highest BCUT2D eigenvalue weighted by Crippen LogP contribution is 2.24. The largest absolute Gasteiger partial charge is 0.376 e. The fraction of sp³-hybridized carbons (Fsp3) is 0.444. The number of anilines is 3. The molecule has 1 fully saturated rings. The third-order valence-corrected chi connectivity index (χ3v) is 4.11. The smallest absolute Gasteiger partial charge is 0.136 e. The van der Waals surface area contributed by atoms with Crippen molar-refractivity contribution in [3.8, 4) is 0 Å². The van der Waals surface area contributed by atoms with Gasteiger partial charge in [-0.05, 0) is 44.7 Å². The molecule has 0 amide bonds. The number of nitrogens with zero attached hydrogens (tertiary/aromatic N) is 2. The first-order chi connectivity index (χ1) is 11.1. The highest BCUT2D eigenvalue weighted by molar-refractivity contribution is 5.65. The van der Waals surface area contributed by atoms with Gasteiger partial charge in [-0.25, -0.2) is 9.97 Å². The summed E-state index contributed by atoms with van der Waals surface area (Å²) in [6.07, 6.45) is 2.55. The molecular weight excluding hydrogens is 288 g/mol. The molecule has 5 heteroatoms. The molecule has 2 heterocycles. The predicted octanol–water partition coefficient (Wildman–Crippen LogP) is 3.74. The first kappa shape index (κ1) is 15.7. The van der Waals surface area contributed by atoms with E-state index in [0.29, 0.717) is 6.10 Å². The SMILES string of the molecule is Cc1nc(NCC2CCCO2)cc(Nc2c(C)cccc2C)n1. The molecule has 1 aliphatic heterocycles. The summed E-state index contributed by atoms with van der Waals surface area (Å²) >= 11 is 0. The number of ether oxygens (including phenoxy) is 1. The van der Waals surface area contributed by atoms with Gasteiger partial charge in [-0.15, -0.1) is 0 Å². The van der Waals surface area contributed by atoms with Crippen molar-refractivity contribution < 1.29 is 4.74 Å². The number of aromatic nitrogens is 2. The number of nitrogens with one attached hydrogen (secondary N) is 2. The van der Waals surface area contributed by atoms with Crippen LogP contribution in [-0.2, 0) is 4.74 Å². The summed E-state index contributed by atoms with van der Waals surface area (Å²) in [6, 6.07) is 8.21. The van der Waals surface area contributed by atoms with Crippen molar-refractivity contribution in [3.05, 3.63) is 41.2 Å². The van der Waals surface area contributed by atoms with Gasteiger partial charge in [0.15, 0.2) is 0 Å². The first-order valence-corrected chi connectivity index (χ1v) is 8.16. The van der Waals surface area contributed by atoms with E-state index in [1.807, 2.05) is 13.0 Å². The van der Waals surface area contributed by atoms with Crippen molar-refractivity contribution in [1.82, 2.24) is 9.97 Å². The maximum Gasteiger partial charge on any atom is 0.136 e. The van der Waals surface area contributed by atoms with E-state index in [-0.39, 0.29) is 0 Å². The molecule has 1 aliphatic rings. The van der Waals surface area contributed by atoms with E-state index in [1.54, 1.807) is 0 Å². The Hall–Kier alpha value is -2.14. The zero-order chi connectivity index (χ0) is 16.2. The summed E-state index contributed by atoms with van der Waals surface area (Å²) in [7, 11) is 0. The molecule has 3 rings (SSSR count). The number of hydrogen-bond acceptors (Lipinski definition) is 5. The fourth-order valence-electron chi connectivity index (χ4n) is 2.89. The lowest BCUT2D eigenvalue weighted by atomic mass is 10.1. The zero-order valence-corrected chi connectivity index (χ0v) is 14.0. The van der Waals surface area contributed by atoms with Gasteiger partial charge in [-0.1, -0.05) is 18.2 Å². The first-order valence-electron chi connectivity index (χ1n) is 8.16. The van der Waals surface area contributed by atoms with Crippen LogP contribution in [0.25, 0.3) is 0 Å². The number of rotatable bonds is 5. The maximum absolute atomic E-state index is 5.64. The quantitative estimate of drug-likeness (QED) is 0.881. The molecule has 1 aromatic heterocycles. The zero-order valence-electron chi connectivity index (χ0n) is 14.0. The summed E-state index contributed by atoms with van der Waals surface area (Å²) in [6.45, 7) is 7.76. The average molecular weight is 312 g/mol. The Morgan fingerprint density at radius 2 is 1.87 bits per heavy atom. The number of aryl methyl sites for hydroxylation is 3. The van der Waals surface area contributed by atoms with Crippen LogP contribution in [0.4, 0.5) is 17.3 Å². The van der Waals surface area contributed by atoms with Crippen LogP contribution in [0.3, 0.4) is 0 Å². The van der Waals surface area contributed by atoms with Crippen LogP contribution in [0.1, 0.15) is 29.8 Å².